The molecule has 0 unspecified atom stereocenters. The van der Waals surface area contributed by atoms with E-state index in [0.29, 0.717) is 18.8 Å². The molecule has 176 valence electrons. The van der Waals surface area contributed by atoms with Crippen molar-refractivity contribution in [3.8, 4) is 0 Å². The molecule has 1 aliphatic rings. The number of ether oxygens (including phenoxy) is 4. The quantitative estimate of drug-likeness (QED) is 0.549. The minimum atomic E-state index is -0.798. The van der Waals surface area contributed by atoms with E-state index in [9.17, 15) is 14.7 Å². The standard InChI is InChI=1S/C23H32N2O7/c1-15-12-24(22-20(31-11-10-29-4)16(2)19(32-22)17(3)26)23(28)25(21(15)27)14-30-13-18-8-6-5-7-9-18/h5-9,12,16-17,19-20,22,26H,10-11,13-14H2,1-4H3/t16-,17+,19+,20-,22-/m1/s1. The molecule has 0 saturated carbocycles. The predicted molar refractivity (Wildman–Crippen MR) is 117 cm³/mol. The van der Waals surface area contributed by atoms with Gasteiger partial charge in [-0.3, -0.25) is 9.36 Å². The Hall–Kier alpha value is -2.30. The third kappa shape index (κ3) is 5.36. The lowest BCUT2D eigenvalue weighted by Crippen LogP contribution is -2.44. The maximum atomic E-state index is 13.3. The molecular weight excluding hydrogens is 416 g/mol. The number of aryl methyl sites for hydroxylation is 1. The highest BCUT2D eigenvalue weighted by atomic mass is 16.6. The zero-order valence-electron chi connectivity index (χ0n) is 19.0. The van der Waals surface area contributed by atoms with Crippen LogP contribution in [0.15, 0.2) is 46.1 Å². The van der Waals surface area contributed by atoms with E-state index in [2.05, 4.69) is 0 Å². The molecule has 0 aliphatic carbocycles. The number of methoxy groups -OCH3 is 1. The molecular formula is C23H32N2O7. The van der Waals surface area contributed by atoms with Crippen molar-refractivity contribution < 1.29 is 24.1 Å². The first-order valence-corrected chi connectivity index (χ1v) is 10.7. The Labute approximate surface area is 187 Å². The largest absolute Gasteiger partial charge is 0.391 e. The van der Waals surface area contributed by atoms with Crippen molar-refractivity contribution in [3.63, 3.8) is 0 Å². The van der Waals surface area contributed by atoms with Gasteiger partial charge in [0.05, 0.1) is 32.0 Å². The first kappa shape index (κ1) is 24.3. The van der Waals surface area contributed by atoms with Gasteiger partial charge in [-0.1, -0.05) is 37.3 Å². The van der Waals surface area contributed by atoms with E-state index in [1.54, 1.807) is 21.0 Å². The van der Waals surface area contributed by atoms with E-state index >= 15 is 0 Å². The lowest BCUT2D eigenvalue weighted by atomic mass is 9.97. The first-order chi connectivity index (χ1) is 15.3. The fourth-order valence-corrected chi connectivity index (χ4v) is 3.97. The van der Waals surface area contributed by atoms with Crippen LogP contribution in [-0.2, 0) is 32.3 Å². The van der Waals surface area contributed by atoms with Gasteiger partial charge in [-0.25, -0.2) is 9.36 Å². The summed E-state index contributed by atoms with van der Waals surface area (Å²) in [5.74, 6) is -0.182. The molecule has 1 aromatic heterocycles. The summed E-state index contributed by atoms with van der Waals surface area (Å²) >= 11 is 0. The second kappa shape index (κ2) is 11.0. The first-order valence-electron chi connectivity index (χ1n) is 10.7. The van der Waals surface area contributed by atoms with Crippen molar-refractivity contribution in [1.82, 2.24) is 9.13 Å². The van der Waals surface area contributed by atoms with Crippen LogP contribution in [0, 0.1) is 12.8 Å². The minimum absolute atomic E-state index is 0.182. The Bertz CT molecular complexity index is 986. The van der Waals surface area contributed by atoms with Gasteiger partial charge in [0.1, 0.15) is 12.8 Å². The van der Waals surface area contributed by atoms with E-state index in [4.69, 9.17) is 18.9 Å². The summed E-state index contributed by atoms with van der Waals surface area (Å²) in [5, 5.41) is 10.2. The van der Waals surface area contributed by atoms with Crippen molar-refractivity contribution >= 4 is 0 Å². The molecule has 9 heteroatoms. The van der Waals surface area contributed by atoms with Gasteiger partial charge in [-0.05, 0) is 19.4 Å². The van der Waals surface area contributed by atoms with Crippen molar-refractivity contribution in [2.45, 2.75) is 58.6 Å². The number of aliphatic hydroxyl groups excluding tert-OH is 1. The number of hydrogen-bond donors (Lipinski definition) is 1. The fourth-order valence-electron chi connectivity index (χ4n) is 3.97. The lowest BCUT2D eigenvalue weighted by molar-refractivity contribution is -0.0914. The van der Waals surface area contributed by atoms with Crippen LogP contribution in [0.3, 0.4) is 0 Å². The van der Waals surface area contributed by atoms with Crippen LogP contribution in [0.4, 0.5) is 0 Å². The highest BCUT2D eigenvalue weighted by Gasteiger charge is 2.46. The van der Waals surface area contributed by atoms with Crippen LogP contribution in [0.1, 0.15) is 31.2 Å². The SMILES string of the molecule is COCCO[C@@H]1[C@H](C)[C@@H]([C@H](C)O)O[C@H]1n1cc(C)c(=O)n(COCc2ccccc2)c1=O. The molecule has 2 heterocycles. The Morgan fingerprint density at radius 1 is 1.19 bits per heavy atom. The van der Waals surface area contributed by atoms with Gasteiger partial charge in [-0.15, -0.1) is 0 Å². The van der Waals surface area contributed by atoms with E-state index in [1.807, 2.05) is 37.3 Å². The van der Waals surface area contributed by atoms with Gasteiger partial charge in [0.15, 0.2) is 6.23 Å². The Morgan fingerprint density at radius 3 is 2.56 bits per heavy atom. The third-order valence-corrected chi connectivity index (χ3v) is 5.66. The molecule has 0 bridgehead atoms. The molecule has 1 fully saturated rings. The average Bonchev–Trinajstić information content (AvgIpc) is 3.10. The van der Waals surface area contributed by atoms with Crippen molar-refractivity contribution in [1.29, 1.82) is 0 Å². The molecule has 1 N–H and O–H groups in total. The summed E-state index contributed by atoms with van der Waals surface area (Å²) < 4.78 is 25.2. The molecule has 5 atom stereocenters. The maximum absolute atomic E-state index is 13.3. The number of aromatic nitrogens is 2. The second-order valence-corrected chi connectivity index (χ2v) is 8.12. The highest BCUT2D eigenvalue weighted by molar-refractivity contribution is 5.13. The van der Waals surface area contributed by atoms with E-state index in [0.717, 1.165) is 10.1 Å². The highest BCUT2D eigenvalue weighted by Crippen LogP contribution is 2.36. The number of nitrogens with zero attached hydrogens (tertiary/aromatic N) is 2. The molecule has 0 radical (unpaired) electrons. The summed E-state index contributed by atoms with van der Waals surface area (Å²) in [4.78, 5) is 25.9. The zero-order chi connectivity index (χ0) is 23.3. The molecule has 3 rings (SSSR count). The Balaban J connectivity index is 1.88. The van der Waals surface area contributed by atoms with Crippen molar-refractivity contribution in [2.24, 2.45) is 5.92 Å². The van der Waals surface area contributed by atoms with Gasteiger partial charge >= 0.3 is 5.69 Å². The van der Waals surface area contributed by atoms with E-state index in [-0.39, 0.29) is 19.3 Å². The van der Waals surface area contributed by atoms with Crippen LogP contribution in [0.2, 0.25) is 0 Å². The summed E-state index contributed by atoms with van der Waals surface area (Å²) in [6, 6.07) is 9.50. The van der Waals surface area contributed by atoms with Crippen LogP contribution in [0.5, 0.6) is 0 Å². The number of hydrogen-bond acceptors (Lipinski definition) is 7. The van der Waals surface area contributed by atoms with Crippen LogP contribution in [0.25, 0.3) is 0 Å². The Kier molecular flexibility index (Phi) is 8.38. The Morgan fingerprint density at radius 2 is 1.91 bits per heavy atom. The molecule has 32 heavy (non-hydrogen) atoms. The molecule has 0 amide bonds. The third-order valence-electron chi connectivity index (χ3n) is 5.66. The monoisotopic (exact) mass is 448 g/mol. The van der Waals surface area contributed by atoms with Gasteiger partial charge in [-0.2, -0.15) is 0 Å². The van der Waals surface area contributed by atoms with Crippen LogP contribution in [-0.4, -0.2) is 52.9 Å². The van der Waals surface area contributed by atoms with Gasteiger partial charge in [0.2, 0.25) is 0 Å². The van der Waals surface area contributed by atoms with Gasteiger partial charge in [0.25, 0.3) is 5.56 Å². The van der Waals surface area contributed by atoms with Gasteiger partial charge in [0, 0.05) is 24.8 Å². The lowest BCUT2D eigenvalue weighted by Gasteiger charge is -2.24. The summed E-state index contributed by atoms with van der Waals surface area (Å²) in [7, 11) is 1.58. The van der Waals surface area contributed by atoms with Crippen molar-refractivity contribution in [2.75, 3.05) is 20.3 Å². The topological polar surface area (TPSA) is 101 Å². The van der Waals surface area contributed by atoms with Gasteiger partial charge < -0.3 is 24.1 Å². The molecule has 2 aromatic rings. The smallest absolute Gasteiger partial charge is 0.335 e. The average molecular weight is 449 g/mol. The summed E-state index contributed by atoms with van der Waals surface area (Å²) in [5.41, 5.74) is 0.333. The molecule has 0 spiro atoms. The van der Waals surface area contributed by atoms with E-state index < -0.39 is 35.8 Å². The molecule has 1 aromatic carbocycles. The molecule has 1 aliphatic heterocycles. The summed E-state index contributed by atoms with van der Waals surface area (Å²) in [6.45, 7) is 5.96. The zero-order valence-corrected chi connectivity index (χ0v) is 19.0. The number of aliphatic hydroxyl groups is 1. The van der Waals surface area contributed by atoms with Crippen LogP contribution >= 0.6 is 0 Å². The number of benzene rings is 1. The molecule has 9 nitrogen and oxygen atoms in total. The van der Waals surface area contributed by atoms with Crippen LogP contribution < -0.4 is 11.2 Å². The predicted octanol–water partition coefficient (Wildman–Crippen LogP) is 1.44. The minimum Gasteiger partial charge on any atom is -0.391 e. The number of rotatable bonds is 10. The maximum Gasteiger partial charge on any atom is 0.335 e. The summed E-state index contributed by atoms with van der Waals surface area (Å²) in [6.07, 6.45) is -1.09. The fraction of sp³-hybridized carbons (Fsp3) is 0.565. The molecule has 1 saturated heterocycles. The second-order valence-electron chi connectivity index (χ2n) is 8.12. The van der Waals surface area contributed by atoms with Crippen molar-refractivity contribution in [3.05, 3.63) is 68.5 Å². The van der Waals surface area contributed by atoms with E-state index in [1.165, 1.54) is 10.8 Å². The normalized spacial score (nSPS) is 24.0.